The van der Waals surface area contributed by atoms with Crippen LogP contribution >= 0.6 is 15.9 Å². The van der Waals surface area contributed by atoms with Gasteiger partial charge >= 0.3 is 5.97 Å². The summed E-state index contributed by atoms with van der Waals surface area (Å²) in [6.07, 6.45) is 1.67. The summed E-state index contributed by atoms with van der Waals surface area (Å²) in [5.41, 5.74) is 6.69. The molecule has 0 amide bonds. The zero-order valence-electron chi connectivity index (χ0n) is 11.9. The minimum Gasteiger partial charge on any atom is -0.454 e. The minimum atomic E-state index is -0.845. The van der Waals surface area contributed by atoms with Gasteiger partial charge in [0.2, 0.25) is 0 Å². The van der Waals surface area contributed by atoms with Gasteiger partial charge in [-0.1, -0.05) is 24.3 Å². The molecule has 0 radical (unpaired) electrons. The van der Waals surface area contributed by atoms with Crippen molar-refractivity contribution < 1.29 is 9.53 Å². The van der Waals surface area contributed by atoms with Crippen molar-refractivity contribution in [2.24, 2.45) is 5.73 Å². The molecule has 5 heteroatoms. The largest absolute Gasteiger partial charge is 0.454 e. The molecule has 0 spiro atoms. The highest BCUT2D eigenvalue weighted by Gasteiger charge is 2.32. The second-order valence-electron chi connectivity index (χ2n) is 5.25. The minimum absolute atomic E-state index is 0.388. The van der Waals surface area contributed by atoms with Crippen molar-refractivity contribution in [2.45, 2.75) is 25.5 Å². The van der Waals surface area contributed by atoms with Crippen LogP contribution in [0.5, 0.6) is 0 Å². The summed E-state index contributed by atoms with van der Waals surface area (Å²) in [4.78, 5) is 16.3. The van der Waals surface area contributed by atoms with Gasteiger partial charge in [0.25, 0.3) is 0 Å². The molecule has 2 aromatic rings. The fourth-order valence-electron chi connectivity index (χ4n) is 1.91. The van der Waals surface area contributed by atoms with E-state index in [0.29, 0.717) is 5.56 Å². The second-order valence-corrected chi connectivity index (χ2v) is 6.06. The SMILES string of the molecule is CC(C)(OC(=O)c1ccccc1)C(N)c1ccc(Br)nc1. The quantitative estimate of drug-likeness (QED) is 0.678. The summed E-state index contributed by atoms with van der Waals surface area (Å²) in [5.74, 6) is -0.388. The van der Waals surface area contributed by atoms with E-state index in [1.54, 1.807) is 44.3 Å². The van der Waals surface area contributed by atoms with Crippen molar-refractivity contribution in [1.29, 1.82) is 0 Å². The maximum absolute atomic E-state index is 12.1. The molecule has 2 rings (SSSR count). The Kier molecular flexibility index (Phi) is 4.75. The summed E-state index contributed by atoms with van der Waals surface area (Å²) < 4.78 is 6.30. The van der Waals surface area contributed by atoms with Crippen LogP contribution in [0.25, 0.3) is 0 Å². The molecule has 0 aliphatic carbocycles. The molecule has 0 fully saturated rings. The smallest absolute Gasteiger partial charge is 0.338 e. The van der Waals surface area contributed by atoms with Gasteiger partial charge < -0.3 is 10.5 Å². The number of hydrogen-bond donors (Lipinski definition) is 1. The van der Waals surface area contributed by atoms with Crippen LogP contribution in [0.4, 0.5) is 0 Å². The van der Waals surface area contributed by atoms with E-state index in [1.807, 2.05) is 18.2 Å². The Hall–Kier alpha value is -1.72. The number of rotatable bonds is 4. The van der Waals surface area contributed by atoms with Crippen LogP contribution in [0.3, 0.4) is 0 Å². The Labute approximate surface area is 132 Å². The third-order valence-electron chi connectivity index (χ3n) is 3.22. The van der Waals surface area contributed by atoms with E-state index in [0.717, 1.165) is 10.2 Å². The first kappa shape index (κ1) is 15.7. The van der Waals surface area contributed by atoms with Gasteiger partial charge in [0, 0.05) is 6.20 Å². The standard InChI is InChI=1S/C16H17BrN2O2/c1-16(2,14(18)12-8-9-13(17)19-10-12)21-15(20)11-6-4-3-5-7-11/h3-10,14H,18H2,1-2H3. The van der Waals surface area contributed by atoms with Gasteiger partial charge in [-0.15, -0.1) is 0 Å². The predicted molar refractivity (Wildman–Crippen MR) is 84.8 cm³/mol. The van der Waals surface area contributed by atoms with Crippen molar-refractivity contribution in [3.05, 3.63) is 64.4 Å². The molecule has 0 aliphatic heterocycles. The molecule has 1 aromatic carbocycles. The normalized spacial score (nSPS) is 12.8. The molecule has 4 nitrogen and oxygen atoms in total. The van der Waals surface area contributed by atoms with Crippen LogP contribution in [0.2, 0.25) is 0 Å². The molecule has 2 N–H and O–H groups in total. The van der Waals surface area contributed by atoms with Crippen molar-refractivity contribution in [3.8, 4) is 0 Å². The third kappa shape index (κ3) is 3.89. The van der Waals surface area contributed by atoms with Crippen LogP contribution < -0.4 is 5.73 Å². The average Bonchev–Trinajstić information content (AvgIpc) is 2.48. The van der Waals surface area contributed by atoms with E-state index in [1.165, 1.54) is 0 Å². The first-order valence-electron chi connectivity index (χ1n) is 6.55. The Bertz CT molecular complexity index is 612. The van der Waals surface area contributed by atoms with Crippen molar-refractivity contribution in [3.63, 3.8) is 0 Å². The molecule has 1 atom stereocenters. The first-order valence-corrected chi connectivity index (χ1v) is 7.35. The maximum Gasteiger partial charge on any atom is 0.338 e. The summed E-state index contributed by atoms with van der Waals surface area (Å²) in [5, 5.41) is 0. The van der Waals surface area contributed by atoms with Gasteiger partial charge in [-0.25, -0.2) is 9.78 Å². The lowest BCUT2D eigenvalue weighted by Gasteiger charge is -2.31. The fourth-order valence-corrected chi connectivity index (χ4v) is 2.14. The Morgan fingerprint density at radius 3 is 2.48 bits per heavy atom. The van der Waals surface area contributed by atoms with E-state index in [-0.39, 0.29) is 5.97 Å². The molecule has 1 heterocycles. The Balaban J connectivity index is 2.14. The van der Waals surface area contributed by atoms with E-state index in [2.05, 4.69) is 20.9 Å². The molecular formula is C16H17BrN2O2. The zero-order chi connectivity index (χ0) is 15.5. The lowest BCUT2D eigenvalue weighted by Crippen LogP contribution is -2.40. The number of pyridine rings is 1. The van der Waals surface area contributed by atoms with Crippen molar-refractivity contribution in [2.75, 3.05) is 0 Å². The van der Waals surface area contributed by atoms with Crippen molar-refractivity contribution >= 4 is 21.9 Å². The molecule has 0 saturated carbocycles. The second kappa shape index (κ2) is 6.37. The van der Waals surface area contributed by atoms with Crippen LogP contribution in [0.15, 0.2) is 53.3 Å². The lowest BCUT2D eigenvalue weighted by molar-refractivity contribution is -0.0129. The van der Waals surface area contributed by atoms with Gasteiger partial charge in [-0.05, 0) is 53.5 Å². The average molecular weight is 349 g/mol. The zero-order valence-corrected chi connectivity index (χ0v) is 13.5. The van der Waals surface area contributed by atoms with Crippen LogP contribution in [-0.4, -0.2) is 16.6 Å². The number of aromatic nitrogens is 1. The van der Waals surface area contributed by atoms with Gasteiger partial charge in [0.15, 0.2) is 0 Å². The van der Waals surface area contributed by atoms with Gasteiger partial charge in [0.05, 0.1) is 11.6 Å². The molecular weight excluding hydrogens is 332 g/mol. The van der Waals surface area contributed by atoms with Crippen LogP contribution in [0, 0.1) is 0 Å². The molecule has 1 aromatic heterocycles. The number of ether oxygens (including phenoxy) is 1. The van der Waals surface area contributed by atoms with E-state index in [4.69, 9.17) is 10.5 Å². The fraction of sp³-hybridized carbons (Fsp3) is 0.250. The monoisotopic (exact) mass is 348 g/mol. The Morgan fingerprint density at radius 1 is 1.24 bits per heavy atom. The van der Waals surface area contributed by atoms with Gasteiger partial charge in [0.1, 0.15) is 10.2 Å². The highest BCUT2D eigenvalue weighted by Crippen LogP contribution is 2.27. The topological polar surface area (TPSA) is 65.2 Å². The molecule has 0 aliphatic rings. The number of nitrogens with zero attached hydrogens (tertiary/aromatic N) is 1. The first-order chi connectivity index (χ1) is 9.90. The predicted octanol–water partition coefficient (Wildman–Crippen LogP) is 3.48. The number of esters is 1. The molecule has 110 valence electrons. The van der Waals surface area contributed by atoms with Gasteiger partial charge in [-0.3, -0.25) is 0 Å². The summed E-state index contributed by atoms with van der Waals surface area (Å²) >= 11 is 3.28. The number of hydrogen-bond acceptors (Lipinski definition) is 4. The highest BCUT2D eigenvalue weighted by atomic mass is 79.9. The third-order valence-corrected chi connectivity index (χ3v) is 3.69. The maximum atomic E-state index is 12.1. The van der Waals surface area contributed by atoms with Gasteiger partial charge in [-0.2, -0.15) is 0 Å². The summed E-state index contributed by atoms with van der Waals surface area (Å²) in [6.45, 7) is 3.58. The van der Waals surface area contributed by atoms with Crippen LogP contribution in [-0.2, 0) is 4.74 Å². The van der Waals surface area contributed by atoms with E-state index < -0.39 is 11.6 Å². The van der Waals surface area contributed by atoms with E-state index >= 15 is 0 Å². The number of benzene rings is 1. The highest BCUT2D eigenvalue weighted by molar-refractivity contribution is 9.10. The van der Waals surface area contributed by atoms with Crippen LogP contribution in [0.1, 0.15) is 35.8 Å². The number of halogens is 1. The molecule has 0 saturated heterocycles. The number of carbonyl (C=O) groups is 1. The lowest BCUT2D eigenvalue weighted by atomic mass is 9.93. The molecule has 1 unspecified atom stereocenters. The number of nitrogens with two attached hydrogens (primary N) is 1. The summed E-state index contributed by atoms with van der Waals surface area (Å²) in [6, 6.07) is 12.1. The Morgan fingerprint density at radius 2 is 1.90 bits per heavy atom. The van der Waals surface area contributed by atoms with Crippen molar-refractivity contribution in [1.82, 2.24) is 4.98 Å². The van der Waals surface area contributed by atoms with E-state index in [9.17, 15) is 4.79 Å². The number of carbonyl (C=O) groups excluding carboxylic acids is 1. The summed E-state index contributed by atoms with van der Waals surface area (Å²) in [7, 11) is 0. The molecule has 0 bridgehead atoms. The molecule has 21 heavy (non-hydrogen) atoms.